The summed E-state index contributed by atoms with van der Waals surface area (Å²) in [5, 5.41) is 11.9. The highest BCUT2D eigenvalue weighted by Gasteiger charge is 2.21. The van der Waals surface area contributed by atoms with Crippen LogP contribution in [0.1, 0.15) is 25.8 Å². The Hall–Kier alpha value is -1.56. The molecule has 0 aliphatic carbocycles. The van der Waals surface area contributed by atoms with Crippen molar-refractivity contribution in [3.63, 3.8) is 0 Å². The summed E-state index contributed by atoms with van der Waals surface area (Å²) in [6.45, 7) is 8.25. The molecule has 0 bridgehead atoms. The third-order valence-electron chi connectivity index (χ3n) is 3.69. The van der Waals surface area contributed by atoms with Crippen LogP contribution in [-0.2, 0) is 0 Å². The van der Waals surface area contributed by atoms with E-state index in [1.54, 1.807) is 30.8 Å². The second-order valence-electron chi connectivity index (χ2n) is 5.43. The highest BCUT2D eigenvalue weighted by molar-refractivity contribution is 8.14. The lowest BCUT2D eigenvalue weighted by molar-refractivity contribution is -0.385. The molecule has 21 heavy (non-hydrogen) atoms. The summed E-state index contributed by atoms with van der Waals surface area (Å²) in [5.74, 6) is 1.70. The third-order valence-corrected chi connectivity index (χ3v) is 4.69. The Morgan fingerprint density at radius 1 is 1.52 bits per heavy atom. The van der Waals surface area contributed by atoms with E-state index < -0.39 is 0 Å². The minimum absolute atomic E-state index is 0.148. The normalized spacial score (nSPS) is 18.2. The lowest BCUT2D eigenvalue weighted by Gasteiger charge is -2.21. The number of hydrogen-bond donors (Lipinski definition) is 0. The number of rotatable bonds is 5. The number of thioether (sulfide) groups is 1. The lowest BCUT2D eigenvalue weighted by atomic mass is 10.1. The van der Waals surface area contributed by atoms with Gasteiger partial charge >= 0.3 is 0 Å². The molecular weight excluding hydrogens is 286 g/mol. The van der Waals surface area contributed by atoms with Gasteiger partial charge in [0, 0.05) is 30.5 Å². The van der Waals surface area contributed by atoms with Gasteiger partial charge in [0.25, 0.3) is 5.69 Å². The molecule has 0 amide bonds. The average molecular weight is 307 g/mol. The monoisotopic (exact) mass is 307 g/mol. The number of nitro groups is 1. The molecule has 114 valence electrons. The molecule has 1 aliphatic heterocycles. The second kappa shape index (κ2) is 6.93. The van der Waals surface area contributed by atoms with Crippen LogP contribution in [0.25, 0.3) is 0 Å². The standard InChI is InChI=1S/C15H21N3O2S/c1-4-11(2)10-17-7-8-21-15(17)16-13-5-6-14(18(19)20)12(3)9-13/h5-6,9,11H,4,7-8,10H2,1-3H3. The van der Waals surface area contributed by atoms with Crippen LogP contribution in [0.3, 0.4) is 0 Å². The summed E-state index contributed by atoms with van der Waals surface area (Å²) in [6, 6.07) is 5.04. The van der Waals surface area contributed by atoms with E-state index in [0.29, 0.717) is 11.5 Å². The molecule has 5 nitrogen and oxygen atoms in total. The van der Waals surface area contributed by atoms with Crippen molar-refractivity contribution < 1.29 is 4.92 Å². The number of nitro benzene ring substituents is 1. The zero-order valence-corrected chi connectivity index (χ0v) is 13.5. The number of aryl methyl sites for hydroxylation is 1. The van der Waals surface area contributed by atoms with Crippen LogP contribution in [0.5, 0.6) is 0 Å². The van der Waals surface area contributed by atoms with Crippen LogP contribution >= 0.6 is 11.8 Å². The Bertz CT molecular complexity index is 560. The summed E-state index contributed by atoms with van der Waals surface area (Å²) in [7, 11) is 0. The van der Waals surface area contributed by atoms with Crippen LogP contribution in [0.4, 0.5) is 11.4 Å². The van der Waals surface area contributed by atoms with E-state index in [1.807, 2.05) is 0 Å². The van der Waals surface area contributed by atoms with Crippen molar-refractivity contribution in [2.24, 2.45) is 10.9 Å². The van der Waals surface area contributed by atoms with Gasteiger partial charge in [-0.1, -0.05) is 32.0 Å². The Morgan fingerprint density at radius 2 is 2.29 bits per heavy atom. The Balaban J connectivity index is 2.18. The van der Waals surface area contributed by atoms with Crippen LogP contribution in [0.15, 0.2) is 23.2 Å². The van der Waals surface area contributed by atoms with Gasteiger partial charge in [-0.15, -0.1) is 0 Å². The molecule has 1 unspecified atom stereocenters. The van der Waals surface area contributed by atoms with E-state index in [1.165, 1.54) is 6.07 Å². The van der Waals surface area contributed by atoms with Crippen molar-refractivity contribution in [2.45, 2.75) is 27.2 Å². The van der Waals surface area contributed by atoms with Crippen molar-refractivity contribution in [3.8, 4) is 0 Å². The summed E-state index contributed by atoms with van der Waals surface area (Å²) < 4.78 is 0. The predicted octanol–water partition coefficient (Wildman–Crippen LogP) is 3.99. The van der Waals surface area contributed by atoms with Gasteiger partial charge in [-0.2, -0.15) is 0 Å². The number of hydrogen-bond acceptors (Lipinski definition) is 4. The molecule has 0 N–H and O–H groups in total. The van der Waals surface area contributed by atoms with Crippen molar-refractivity contribution in [1.82, 2.24) is 4.90 Å². The summed E-state index contributed by atoms with van der Waals surface area (Å²) >= 11 is 1.76. The van der Waals surface area contributed by atoms with E-state index in [2.05, 4.69) is 23.7 Å². The molecule has 1 aromatic carbocycles. The van der Waals surface area contributed by atoms with Crippen LogP contribution in [-0.4, -0.2) is 33.8 Å². The first-order chi connectivity index (χ1) is 10.0. The maximum absolute atomic E-state index is 10.8. The number of aliphatic imine (C=N–C) groups is 1. The molecule has 1 saturated heterocycles. The van der Waals surface area contributed by atoms with Gasteiger partial charge in [0.15, 0.2) is 5.17 Å². The average Bonchev–Trinajstić information content (AvgIpc) is 2.85. The number of benzene rings is 1. The molecule has 6 heteroatoms. The maximum atomic E-state index is 10.8. The summed E-state index contributed by atoms with van der Waals surface area (Å²) in [5.41, 5.74) is 1.59. The van der Waals surface area contributed by atoms with Gasteiger partial charge in [0.05, 0.1) is 10.6 Å². The largest absolute Gasteiger partial charge is 0.350 e. The maximum Gasteiger partial charge on any atom is 0.272 e. The molecular formula is C15H21N3O2S. The first kappa shape index (κ1) is 15.8. The van der Waals surface area contributed by atoms with E-state index in [0.717, 1.165) is 36.1 Å². The lowest BCUT2D eigenvalue weighted by Crippen LogP contribution is -2.29. The second-order valence-corrected chi connectivity index (χ2v) is 6.49. The fourth-order valence-corrected chi connectivity index (χ4v) is 3.25. The van der Waals surface area contributed by atoms with Crippen molar-refractivity contribution >= 4 is 28.3 Å². The molecule has 1 atom stereocenters. The number of amidine groups is 1. The van der Waals surface area contributed by atoms with Gasteiger partial charge in [-0.3, -0.25) is 10.1 Å². The van der Waals surface area contributed by atoms with Gasteiger partial charge < -0.3 is 4.90 Å². The predicted molar refractivity (Wildman–Crippen MR) is 88.4 cm³/mol. The minimum atomic E-state index is -0.355. The third kappa shape index (κ3) is 3.97. The molecule has 1 heterocycles. The SMILES string of the molecule is CCC(C)CN1CCSC1=Nc1ccc([N+](=O)[O-])c(C)c1. The van der Waals surface area contributed by atoms with E-state index >= 15 is 0 Å². The molecule has 1 fully saturated rings. The zero-order valence-electron chi connectivity index (χ0n) is 12.7. The van der Waals surface area contributed by atoms with Gasteiger partial charge in [-0.25, -0.2) is 4.99 Å². The Labute approximate surface area is 129 Å². The molecule has 1 aromatic rings. The molecule has 2 rings (SSSR count). The molecule has 0 aromatic heterocycles. The summed E-state index contributed by atoms with van der Waals surface area (Å²) in [6.07, 6.45) is 1.16. The van der Waals surface area contributed by atoms with Gasteiger partial charge in [-0.05, 0) is 25.0 Å². The first-order valence-corrected chi connectivity index (χ1v) is 8.21. The Morgan fingerprint density at radius 3 is 2.90 bits per heavy atom. The first-order valence-electron chi connectivity index (χ1n) is 7.22. The van der Waals surface area contributed by atoms with Crippen molar-refractivity contribution in [1.29, 1.82) is 0 Å². The smallest absolute Gasteiger partial charge is 0.272 e. The Kier molecular flexibility index (Phi) is 5.22. The fraction of sp³-hybridized carbons (Fsp3) is 0.533. The van der Waals surface area contributed by atoms with E-state index in [4.69, 9.17) is 0 Å². The topological polar surface area (TPSA) is 58.7 Å². The van der Waals surface area contributed by atoms with E-state index in [-0.39, 0.29) is 10.6 Å². The van der Waals surface area contributed by atoms with Crippen LogP contribution in [0, 0.1) is 23.0 Å². The van der Waals surface area contributed by atoms with Crippen LogP contribution < -0.4 is 0 Å². The molecule has 0 radical (unpaired) electrons. The van der Waals surface area contributed by atoms with Crippen LogP contribution in [0.2, 0.25) is 0 Å². The highest BCUT2D eigenvalue weighted by atomic mass is 32.2. The molecule has 0 spiro atoms. The zero-order chi connectivity index (χ0) is 15.4. The van der Waals surface area contributed by atoms with Crippen molar-refractivity contribution in [3.05, 3.63) is 33.9 Å². The quantitative estimate of drug-likeness (QED) is 0.609. The van der Waals surface area contributed by atoms with Gasteiger partial charge in [0.2, 0.25) is 0 Å². The fourth-order valence-electron chi connectivity index (χ4n) is 2.24. The van der Waals surface area contributed by atoms with E-state index in [9.17, 15) is 10.1 Å². The molecule has 1 aliphatic rings. The number of nitrogens with zero attached hydrogens (tertiary/aromatic N) is 3. The molecule has 0 saturated carbocycles. The van der Waals surface area contributed by atoms with Crippen molar-refractivity contribution in [2.75, 3.05) is 18.8 Å². The minimum Gasteiger partial charge on any atom is -0.350 e. The highest BCUT2D eigenvalue weighted by Crippen LogP contribution is 2.27. The summed E-state index contributed by atoms with van der Waals surface area (Å²) in [4.78, 5) is 17.5. The van der Waals surface area contributed by atoms with Gasteiger partial charge in [0.1, 0.15) is 0 Å².